The summed E-state index contributed by atoms with van der Waals surface area (Å²) in [5, 5.41) is 9.15. The molecule has 0 aromatic carbocycles. The number of aliphatic carboxylic acids is 1. The van der Waals surface area contributed by atoms with Gasteiger partial charge in [0.05, 0.1) is 6.61 Å². The Morgan fingerprint density at radius 1 is 1.56 bits per heavy atom. The van der Waals surface area contributed by atoms with Crippen molar-refractivity contribution in [2.75, 3.05) is 13.2 Å². The number of pyridine rings is 1. The Labute approximate surface area is 104 Å². The molecule has 0 spiro atoms. The third-order valence-corrected chi connectivity index (χ3v) is 4.23. The molecule has 18 heavy (non-hydrogen) atoms. The molecule has 1 fully saturated rings. The van der Waals surface area contributed by atoms with Gasteiger partial charge in [-0.2, -0.15) is 4.72 Å². The number of nitrogens with one attached hydrogen (secondary N) is 1. The lowest BCUT2D eigenvalue weighted by Gasteiger charge is -2.23. The molecule has 2 heterocycles. The van der Waals surface area contributed by atoms with Gasteiger partial charge in [0, 0.05) is 25.4 Å². The lowest BCUT2D eigenvalue weighted by molar-refractivity contribution is -0.144. The Bertz CT molecular complexity index is 537. The molecule has 0 radical (unpaired) electrons. The van der Waals surface area contributed by atoms with Crippen LogP contribution in [0, 0.1) is 0 Å². The number of aromatic nitrogens is 1. The topological polar surface area (TPSA) is 106 Å². The van der Waals surface area contributed by atoms with Crippen LogP contribution in [0.25, 0.3) is 0 Å². The first-order valence-electron chi connectivity index (χ1n) is 5.21. The number of ether oxygens (including phenoxy) is 1. The first-order chi connectivity index (χ1) is 8.46. The van der Waals surface area contributed by atoms with Crippen molar-refractivity contribution in [3.05, 3.63) is 24.5 Å². The van der Waals surface area contributed by atoms with Gasteiger partial charge in [-0.15, -0.1) is 0 Å². The first-order valence-corrected chi connectivity index (χ1v) is 6.70. The summed E-state index contributed by atoms with van der Waals surface area (Å²) in [7, 11) is -3.92. The number of hydrogen-bond donors (Lipinski definition) is 2. The van der Waals surface area contributed by atoms with E-state index in [-0.39, 0.29) is 24.5 Å². The number of hydrogen-bond acceptors (Lipinski definition) is 5. The summed E-state index contributed by atoms with van der Waals surface area (Å²) in [6, 6.07) is 2.81. The molecule has 1 unspecified atom stereocenters. The van der Waals surface area contributed by atoms with Crippen LogP contribution in [0.2, 0.25) is 0 Å². The summed E-state index contributed by atoms with van der Waals surface area (Å²) in [6.45, 7) is 0.0314. The number of carbonyl (C=O) groups is 1. The summed E-state index contributed by atoms with van der Waals surface area (Å²) in [5.74, 6) is -1.24. The maximum atomic E-state index is 12.0. The van der Waals surface area contributed by atoms with E-state index in [4.69, 9.17) is 9.84 Å². The highest BCUT2D eigenvalue weighted by Gasteiger charge is 2.46. The number of carboxylic acids is 1. The minimum absolute atomic E-state index is 0.0717. The summed E-state index contributed by atoms with van der Waals surface area (Å²) < 4.78 is 31.2. The second-order valence-corrected chi connectivity index (χ2v) is 5.67. The molecule has 0 aliphatic carbocycles. The quantitative estimate of drug-likeness (QED) is 0.773. The zero-order valence-corrected chi connectivity index (χ0v) is 10.2. The molecular weight excluding hydrogens is 260 g/mol. The Morgan fingerprint density at radius 3 is 2.83 bits per heavy atom. The summed E-state index contributed by atoms with van der Waals surface area (Å²) in [5.41, 5.74) is -1.59. The van der Waals surface area contributed by atoms with E-state index in [1.54, 1.807) is 0 Å². The van der Waals surface area contributed by atoms with Crippen LogP contribution in [0.3, 0.4) is 0 Å². The maximum absolute atomic E-state index is 12.0. The van der Waals surface area contributed by atoms with Crippen LogP contribution >= 0.6 is 0 Å². The third-order valence-electron chi connectivity index (χ3n) is 2.71. The van der Waals surface area contributed by atoms with Gasteiger partial charge in [0.1, 0.15) is 4.90 Å². The lowest BCUT2D eigenvalue weighted by Crippen LogP contribution is -2.54. The van der Waals surface area contributed by atoms with Gasteiger partial charge in [0.25, 0.3) is 0 Å². The fourth-order valence-corrected chi connectivity index (χ4v) is 3.02. The van der Waals surface area contributed by atoms with Gasteiger partial charge in [0.15, 0.2) is 5.54 Å². The monoisotopic (exact) mass is 272 g/mol. The number of rotatable bonds is 4. The number of carboxylic acid groups (broad SMARTS) is 1. The molecule has 98 valence electrons. The summed E-state index contributed by atoms with van der Waals surface area (Å²) in [6.07, 6.45) is 2.69. The Morgan fingerprint density at radius 2 is 2.33 bits per heavy atom. The largest absolute Gasteiger partial charge is 0.480 e. The molecule has 2 N–H and O–H groups in total. The molecule has 0 saturated carbocycles. The lowest BCUT2D eigenvalue weighted by atomic mass is 10.0. The molecule has 0 amide bonds. The molecule has 8 heteroatoms. The molecule has 1 saturated heterocycles. The van der Waals surface area contributed by atoms with E-state index in [0.717, 1.165) is 6.20 Å². The molecule has 1 aliphatic rings. The SMILES string of the molecule is O=C(O)C1(NS(=O)(=O)c2cccnc2)CCOC1. The second kappa shape index (κ2) is 4.63. The van der Waals surface area contributed by atoms with Gasteiger partial charge in [-0.1, -0.05) is 0 Å². The highest BCUT2D eigenvalue weighted by molar-refractivity contribution is 7.89. The van der Waals surface area contributed by atoms with Crippen LogP contribution in [0.15, 0.2) is 29.4 Å². The van der Waals surface area contributed by atoms with Crippen LogP contribution in [-0.2, 0) is 19.6 Å². The predicted molar refractivity (Wildman–Crippen MR) is 60.4 cm³/mol. The average molecular weight is 272 g/mol. The summed E-state index contributed by atoms with van der Waals surface area (Å²) >= 11 is 0. The standard InChI is InChI=1S/C10H12N2O5S/c13-9(14)10(3-5-17-7-10)12-18(15,16)8-2-1-4-11-6-8/h1-2,4,6,12H,3,5,7H2,(H,13,14). The van der Waals surface area contributed by atoms with Crippen LogP contribution in [0.5, 0.6) is 0 Å². The zero-order chi connectivity index (χ0) is 13.2. The molecule has 0 bridgehead atoms. The third kappa shape index (κ3) is 2.35. The molecule has 1 atom stereocenters. The van der Waals surface area contributed by atoms with Crippen LogP contribution in [-0.4, -0.2) is 43.2 Å². The van der Waals surface area contributed by atoms with Crippen molar-refractivity contribution in [2.45, 2.75) is 16.9 Å². The van der Waals surface area contributed by atoms with Crippen molar-refractivity contribution >= 4 is 16.0 Å². The molecule has 1 aromatic rings. The first kappa shape index (κ1) is 12.9. The molecule has 2 rings (SSSR count). The fourth-order valence-electron chi connectivity index (χ4n) is 1.68. The Kier molecular flexibility index (Phi) is 3.33. The van der Waals surface area contributed by atoms with Crippen LogP contribution < -0.4 is 4.72 Å². The van der Waals surface area contributed by atoms with Crippen LogP contribution in [0.1, 0.15) is 6.42 Å². The van der Waals surface area contributed by atoms with E-state index < -0.39 is 21.5 Å². The van der Waals surface area contributed by atoms with E-state index in [2.05, 4.69) is 9.71 Å². The van der Waals surface area contributed by atoms with Gasteiger partial charge in [-0.3, -0.25) is 9.78 Å². The minimum Gasteiger partial charge on any atom is -0.480 e. The van der Waals surface area contributed by atoms with Gasteiger partial charge in [-0.25, -0.2) is 8.42 Å². The Balaban J connectivity index is 2.30. The molecule has 1 aromatic heterocycles. The highest BCUT2D eigenvalue weighted by atomic mass is 32.2. The molecular formula is C10H12N2O5S. The van der Waals surface area contributed by atoms with Gasteiger partial charge in [0.2, 0.25) is 10.0 Å². The Hall–Kier alpha value is -1.51. The average Bonchev–Trinajstić information content (AvgIpc) is 2.79. The second-order valence-electron chi connectivity index (χ2n) is 3.98. The van der Waals surface area contributed by atoms with Crippen LogP contribution in [0.4, 0.5) is 0 Å². The van der Waals surface area contributed by atoms with Crippen molar-refractivity contribution in [1.29, 1.82) is 0 Å². The van der Waals surface area contributed by atoms with Crippen molar-refractivity contribution in [3.63, 3.8) is 0 Å². The zero-order valence-electron chi connectivity index (χ0n) is 9.37. The normalized spacial score (nSPS) is 24.0. The van der Waals surface area contributed by atoms with Gasteiger partial charge < -0.3 is 9.84 Å². The number of nitrogens with zero attached hydrogens (tertiary/aromatic N) is 1. The molecule has 1 aliphatic heterocycles. The highest BCUT2D eigenvalue weighted by Crippen LogP contribution is 2.22. The minimum atomic E-state index is -3.92. The van der Waals surface area contributed by atoms with E-state index in [1.165, 1.54) is 18.3 Å². The smallest absolute Gasteiger partial charge is 0.327 e. The fraction of sp³-hybridized carbons (Fsp3) is 0.400. The van der Waals surface area contributed by atoms with Gasteiger partial charge in [-0.05, 0) is 12.1 Å². The van der Waals surface area contributed by atoms with Crippen molar-refractivity contribution in [2.24, 2.45) is 0 Å². The van der Waals surface area contributed by atoms with Crippen molar-refractivity contribution < 1.29 is 23.1 Å². The molecule has 7 nitrogen and oxygen atoms in total. The van der Waals surface area contributed by atoms with Crippen molar-refractivity contribution in [3.8, 4) is 0 Å². The van der Waals surface area contributed by atoms with E-state index in [1.807, 2.05) is 0 Å². The maximum Gasteiger partial charge on any atom is 0.327 e. The van der Waals surface area contributed by atoms with E-state index >= 15 is 0 Å². The van der Waals surface area contributed by atoms with Crippen molar-refractivity contribution in [1.82, 2.24) is 9.71 Å². The van der Waals surface area contributed by atoms with E-state index in [0.29, 0.717) is 0 Å². The number of sulfonamides is 1. The van der Waals surface area contributed by atoms with E-state index in [9.17, 15) is 13.2 Å². The summed E-state index contributed by atoms with van der Waals surface area (Å²) in [4.78, 5) is 14.8. The van der Waals surface area contributed by atoms with Gasteiger partial charge >= 0.3 is 5.97 Å². The predicted octanol–water partition coefficient (Wildman–Crippen LogP) is -0.396.